The molecule has 31 heavy (non-hydrogen) atoms. The summed E-state index contributed by atoms with van der Waals surface area (Å²) in [5, 5.41) is 8.25. The van der Waals surface area contributed by atoms with Crippen LogP contribution in [0.1, 0.15) is 63.9 Å². The van der Waals surface area contributed by atoms with E-state index in [1.807, 2.05) is 12.3 Å². The zero-order valence-electron chi connectivity index (χ0n) is 18.4. The number of nitrogens with one attached hydrogen (secondary N) is 2. The van der Waals surface area contributed by atoms with Gasteiger partial charge < -0.3 is 15.5 Å². The topological polar surface area (TPSA) is 40.2 Å². The van der Waals surface area contributed by atoms with Crippen LogP contribution in [0, 0.1) is 0 Å². The van der Waals surface area contributed by atoms with E-state index in [0.717, 1.165) is 42.5 Å². The van der Waals surface area contributed by atoms with Crippen molar-refractivity contribution in [1.82, 2.24) is 10.3 Å². The highest BCUT2D eigenvalue weighted by atomic mass is 35.5. The predicted octanol–water partition coefficient (Wildman–Crippen LogP) is 6.30. The Hall–Kier alpha value is -1.85. The van der Waals surface area contributed by atoms with Crippen molar-refractivity contribution in [1.29, 1.82) is 0 Å². The van der Waals surface area contributed by atoms with Crippen molar-refractivity contribution >= 4 is 40.4 Å². The number of halogens is 1. The van der Waals surface area contributed by atoms with Crippen LogP contribution in [0.15, 0.2) is 42.6 Å². The van der Waals surface area contributed by atoms with E-state index in [2.05, 4.69) is 57.8 Å². The Morgan fingerprint density at radius 2 is 2.00 bits per heavy atom. The molecule has 2 fully saturated rings. The van der Waals surface area contributed by atoms with Crippen molar-refractivity contribution in [3.05, 3.63) is 53.2 Å². The van der Waals surface area contributed by atoms with E-state index < -0.39 is 0 Å². The molecule has 0 spiro atoms. The summed E-state index contributed by atoms with van der Waals surface area (Å²) in [6.45, 7) is 4.19. The number of aromatic nitrogens is 1. The minimum absolute atomic E-state index is 0.0847. The lowest BCUT2D eigenvalue weighted by Crippen LogP contribution is -2.43. The number of piperidine rings is 1. The summed E-state index contributed by atoms with van der Waals surface area (Å²) in [5.74, 6) is 1.05. The molecule has 0 unspecified atom stereocenters. The Kier molecular flexibility index (Phi) is 7.34. The van der Waals surface area contributed by atoms with Crippen LogP contribution in [0.3, 0.4) is 0 Å². The highest BCUT2D eigenvalue weighted by Gasteiger charge is 2.34. The number of nitrogens with zero attached hydrogens (tertiary/aromatic N) is 2. The third-order valence-corrected chi connectivity index (χ3v) is 7.42. The van der Waals surface area contributed by atoms with Crippen molar-refractivity contribution in [2.24, 2.45) is 0 Å². The van der Waals surface area contributed by atoms with E-state index in [-0.39, 0.29) is 5.41 Å². The first-order valence-corrected chi connectivity index (χ1v) is 12.4. The molecule has 1 aliphatic carbocycles. The number of hydrogen-bond acceptors (Lipinski definition) is 3. The third-order valence-electron chi connectivity index (χ3n) is 6.94. The second-order valence-electron chi connectivity index (χ2n) is 9.10. The number of benzene rings is 1. The maximum Gasteiger partial charge on any atom is 0.170 e. The Morgan fingerprint density at radius 1 is 1.16 bits per heavy atom. The number of anilines is 2. The fourth-order valence-electron chi connectivity index (χ4n) is 5.11. The van der Waals surface area contributed by atoms with Gasteiger partial charge in [-0.2, -0.15) is 0 Å². The van der Waals surface area contributed by atoms with Crippen LogP contribution < -0.4 is 15.5 Å². The average Bonchev–Trinajstić information content (AvgIpc) is 2.79. The fourth-order valence-corrected chi connectivity index (χ4v) is 5.49. The van der Waals surface area contributed by atoms with Crippen molar-refractivity contribution in [3.8, 4) is 0 Å². The Morgan fingerprint density at radius 3 is 2.71 bits per heavy atom. The molecule has 2 aliphatic rings. The fraction of sp³-hybridized carbons (Fsp3) is 0.520. The SMILES string of the molecule is C[C@@H]1CCCCN1c1ccc(NC(=S)NCC2(c3cccc(Cl)c3)CCCCC2)cn1. The van der Waals surface area contributed by atoms with E-state index in [4.69, 9.17) is 23.8 Å². The van der Waals surface area contributed by atoms with Gasteiger partial charge in [-0.3, -0.25) is 0 Å². The largest absolute Gasteiger partial charge is 0.362 e. The van der Waals surface area contributed by atoms with Gasteiger partial charge in [-0.15, -0.1) is 0 Å². The van der Waals surface area contributed by atoms with Gasteiger partial charge in [-0.05, 0) is 81.1 Å². The second kappa shape index (κ2) is 10.2. The molecule has 4 rings (SSSR count). The quantitative estimate of drug-likeness (QED) is 0.516. The molecule has 0 amide bonds. The first kappa shape index (κ1) is 22.3. The first-order valence-electron chi connectivity index (χ1n) is 11.6. The first-order chi connectivity index (χ1) is 15.1. The van der Waals surface area contributed by atoms with Crippen molar-refractivity contribution in [3.63, 3.8) is 0 Å². The number of hydrogen-bond donors (Lipinski definition) is 2. The lowest BCUT2D eigenvalue weighted by atomic mass is 9.69. The summed E-state index contributed by atoms with van der Waals surface area (Å²) < 4.78 is 0. The molecule has 4 nitrogen and oxygen atoms in total. The van der Waals surface area contributed by atoms with Gasteiger partial charge in [0.1, 0.15) is 5.82 Å². The van der Waals surface area contributed by atoms with Gasteiger partial charge >= 0.3 is 0 Å². The van der Waals surface area contributed by atoms with Crippen molar-refractivity contribution in [2.75, 3.05) is 23.3 Å². The monoisotopic (exact) mass is 456 g/mol. The van der Waals surface area contributed by atoms with Gasteiger partial charge in [0.05, 0.1) is 11.9 Å². The van der Waals surface area contributed by atoms with Crippen LogP contribution in [0.2, 0.25) is 5.02 Å². The summed E-state index contributed by atoms with van der Waals surface area (Å²) in [5.41, 5.74) is 2.32. The zero-order chi connectivity index (χ0) is 21.7. The van der Waals surface area contributed by atoms with Crippen LogP contribution in [0.5, 0.6) is 0 Å². The van der Waals surface area contributed by atoms with Crippen molar-refractivity contribution < 1.29 is 0 Å². The van der Waals surface area contributed by atoms with Crippen LogP contribution >= 0.6 is 23.8 Å². The molecule has 2 N–H and O–H groups in total. The van der Waals surface area contributed by atoms with E-state index in [1.165, 1.54) is 44.1 Å². The smallest absolute Gasteiger partial charge is 0.170 e. The molecule has 0 radical (unpaired) electrons. The lowest BCUT2D eigenvalue weighted by Gasteiger charge is -2.38. The summed E-state index contributed by atoms with van der Waals surface area (Å²) in [6.07, 6.45) is 11.8. The lowest BCUT2D eigenvalue weighted by molar-refractivity contribution is 0.292. The van der Waals surface area contributed by atoms with E-state index in [0.29, 0.717) is 11.2 Å². The highest BCUT2D eigenvalue weighted by molar-refractivity contribution is 7.80. The Balaban J connectivity index is 1.37. The van der Waals surface area contributed by atoms with Crippen LogP contribution in [-0.2, 0) is 5.41 Å². The van der Waals surface area contributed by atoms with Gasteiger partial charge in [-0.1, -0.05) is 43.0 Å². The highest BCUT2D eigenvalue weighted by Crippen LogP contribution is 2.39. The van der Waals surface area contributed by atoms with Crippen molar-refractivity contribution in [2.45, 2.75) is 69.7 Å². The molecule has 1 saturated heterocycles. The summed E-state index contributed by atoms with van der Waals surface area (Å²) in [7, 11) is 0. The van der Waals surface area contributed by atoms with E-state index >= 15 is 0 Å². The molecule has 2 aromatic rings. The summed E-state index contributed by atoms with van der Waals surface area (Å²) >= 11 is 11.9. The molecule has 1 aromatic heterocycles. The van der Waals surface area contributed by atoms with Crippen LogP contribution in [0.4, 0.5) is 11.5 Å². The average molecular weight is 457 g/mol. The second-order valence-corrected chi connectivity index (χ2v) is 9.95. The number of pyridine rings is 1. The molecule has 1 aromatic carbocycles. The number of rotatable bonds is 5. The minimum Gasteiger partial charge on any atom is -0.362 e. The summed E-state index contributed by atoms with van der Waals surface area (Å²) in [6, 6.07) is 13.1. The molecule has 166 valence electrons. The summed E-state index contributed by atoms with van der Waals surface area (Å²) in [4.78, 5) is 7.09. The maximum absolute atomic E-state index is 6.30. The van der Waals surface area contributed by atoms with E-state index in [1.54, 1.807) is 0 Å². The van der Waals surface area contributed by atoms with Gasteiger partial charge in [0.15, 0.2) is 5.11 Å². The van der Waals surface area contributed by atoms with Gasteiger partial charge in [0, 0.05) is 29.6 Å². The number of thiocarbonyl (C=S) groups is 1. The molecule has 0 bridgehead atoms. The van der Waals surface area contributed by atoms with E-state index in [9.17, 15) is 0 Å². The maximum atomic E-state index is 6.30. The third kappa shape index (κ3) is 5.50. The molecule has 6 heteroatoms. The van der Waals surface area contributed by atoms with Crippen LogP contribution in [0.25, 0.3) is 0 Å². The standard InChI is InChI=1S/C25H33ClN4S/c1-19-8-3-6-15-30(19)23-12-11-22(17-27-23)29-24(31)28-18-25(13-4-2-5-14-25)20-9-7-10-21(26)16-20/h7,9-12,16-17,19H,2-6,8,13-15,18H2,1H3,(H2,28,29,31)/t19-/m1/s1. The van der Waals surface area contributed by atoms with Gasteiger partial charge in [0.2, 0.25) is 0 Å². The Labute approximate surface area is 196 Å². The molecular weight excluding hydrogens is 424 g/mol. The molecule has 2 heterocycles. The molecule has 1 saturated carbocycles. The van der Waals surface area contributed by atoms with Crippen LogP contribution in [-0.4, -0.2) is 29.2 Å². The van der Waals surface area contributed by atoms with Gasteiger partial charge in [-0.25, -0.2) is 4.98 Å². The zero-order valence-corrected chi connectivity index (χ0v) is 19.9. The van der Waals surface area contributed by atoms with Gasteiger partial charge in [0.25, 0.3) is 0 Å². The predicted molar refractivity (Wildman–Crippen MR) is 135 cm³/mol. The molecular formula is C25H33ClN4S. The molecule has 1 aliphatic heterocycles. The minimum atomic E-state index is 0.0847. The molecule has 1 atom stereocenters. The Bertz CT molecular complexity index is 879. The normalized spacial score (nSPS) is 20.8.